The van der Waals surface area contributed by atoms with Gasteiger partial charge in [-0.1, -0.05) is 11.6 Å². The summed E-state index contributed by atoms with van der Waals surface area (Å²) in [5.74, 6) is -1.75. The van der Waals surface area contributed by atoms with Crippen molar-refractivity contribution in [2.45, 2.75) is 13.5 Å². The van der Waals surface area contributed by atoms with E-state index in [0.29, 0.717) is 0 Å². The normalized spacial score (nSPS) is 10.4. The van der Waals surface area contributed by atoms with Gasteiger partial charge >= 0.3 is 5.97 Å². The third kappa shape index (κ3) is 4.05. The second kappa shape index (κ2) is 7.51. The Balaban J connectivity index is 2.27. The highest BCUT2D eigenvalue weighted by atomic mass is 16.5. The molecule has 2 N–H and O–H groups in total. The largest absolute Gasteiger partial charge is 0.478 e. The third-order valence-electron chi connectivity index (χ3n) is 3.26. The van der Waals surface area contributed by atoms with Crippen LogP contribution in [0.5, 0.6) is 0 Å². The fraction of sp³-hybridized carbons (Fsp3) is 0.250. The number of methoxy groups -OCH3 is 1. The number of anilines is 1. The topological polar surface area (TPSA) is 111 Å². The van der Waals surface area contributed by atoms with Crippen molar-refractivity contribution in [1.29, 1.82) is 0 Å². The number of nitrogens with zero attached hydrogens (tertiary/aromatic N) is 2. The molecule has 0 saturated carbocycles. The monoisotopic (exact) mass is 331 g/mol. The first-order valence-corrected chi connectivity index (χ1v) is 7.15. The van der Waals surface area contributed by atoms with E-state index < -0.39 is 11.9 Å². The van der Waals surface area contributed by atoms with E-state index >= 15 is 0 Å². The maximum Gasteiger partial charge on any atom is 0.337 e. The summed E-state index contributed by atoms with van der Waals surface area (Å²) in [7, 11) is 1.49. The zero-order chi connectivity index (χ0) is 17.7. The summed E-state index contributed by atoms with van der Waals surface area (Å²) in [4.78, 5) is 35.3. The number of aryl methyl sites for hydroxylation is 1. The molecule has 0 aliphatic rings. The molecular formula is C16H17N3O5. The minimum Gasteiger partial charge on any atom is -0.478 e. The van der Waals surface area contributed by atoms with Gasteiger partial charge in [-0.15, -0.1) is 0 Å². The first kappa shape index (κ1) is 17.4. The average Bonchev–Trinajstić information content (AvgIpc) is 2.55. The molecule has 0 bridgehead atoms. The van der Waals surface area contributed by atoms with Crippen molar-refractivity contribution in [2.75, 3.05) is 19.0 Å². The van der Waals surface area contributed by atoms with Crippen molar-refractivity contribution in [2.24, 2.45) is 0 Å². The molecule has 0 atom stereocenters. The van der Waals surface area contributed by atoms with Gasteiger partial charge in [-0.3, -0.25) is 9.59 Å². The Kier molecular flexibility index (Phi) is 5.43. The molecule has 8 nitrogen and oxygen atoms in total. The van der Waals surface area contributed by atoms with Crippen LogP contribution in [0.15, 0.2) is 35.1 Å². The zero-order valence-electron chi connectivity index (χ0n) is 13.3. The smallest absolute Gasteiger partial charge is 0.337 e. The van der Waals surface area contributed by atoms with E-state index in [2.05, 4.69) is 10.4 Å². The van der Waals surface area contributed by atoms with E-state index in [0.717, 1.165) is 10.2 Å². The number of hydrogen-bond acceptors (Lipinski definition) is 5. The second-order valence-electron chi connectivity index (χ2n) is 5.08. The standard InChI is InChI=1S/C16H17N3O5/c1-10-3-4-12(11(9-10)16(22)23)17-15(21)13-5-6-14(20)19(18-13)7-8-24-2/h3-6,9H,7-8H2,1-2H3,(H,17,21)(H,22,23). The number of carboxylic acids is 1. The van der Waals surface area contributed by atoms with E-state index in [9.17, 15) is 19.5 Å². The highest BCUT2D eigenvalue weighted by Crippen LogP contribution is 2.18. The lowest BCUT2D eigenvalue weighted by Crippen LogP contribution is -2.27. The molecule has 0 unspecified atom stereocenters. The second-order valence-corrected chi connectivity index (χ2v) is 5.08. The van der Waals surface area contributed by atoms with Crippen molar-refractivity contribution in [3.63, 3.8) is 0 Å². The first-order chi connectivity index (χ1) is 11.4. The van der Waals surface area contributed by atoms with Gasteiger partial charge < -0.3 is 15.2 Å². The molecule has 126 valence electrons. The van der Waals surface area contributed by atoms with Gasteiger partial charge in [0.05, 0.1) is 24.4 Å². The van der Waals surface area contributed by atoms with Crippen LogP contribution in [0, 0.1) is 6.92 Å². The molecule has 1 heterocycles. The van der Waals surface area contributed by atoms with Crippen molar-refractivity contribution < 1.29 is 19.4 Å². The summed E-state index contributed by atoms with van der Waals surface area (Å²) >= 11 is 0. The molecule has 2 aromatic rings. The molecule has 1 aromatic carbocycles. The van der Waals surface area contributed by atoms with Crippen LogP contribution in [0.3, 0.4) is 0 Å². The van der Waals surface area contributed by atoms with Gasteiger partial charge in [0.1, 0.15) is 5.69 Å². The number of carboxylic acid groups (broad SMARTS) is 1. The number of hydrogen-bond donors (Lipinski definition) is 2. The Morgan fingerprint density at radius 2 is 2.04 bits per heavy atom. The van der Waals surface area contributed by atoms with E-state index in [4.69, 9.17) is 4.74 Å². The summed E-state index contributed by atoms with van der Waals surface area (Å²) in [5, 5.41) is 15.7. The molecule has 0 aliphatic heterocycles. The number of benzene rings is 1. The molecule has 8 heteroatoms. The van der Waals surface area contributed by atoms with Crippen LogP contribution in [0.1, 0.15) is 26.4 Å². The van der Waals surface area contributed by atoms with Crippen LogP contribution in [0.25, 0.3) is 0 Å². The van der Waals surface area contributed by atoms with Gasteiger partial charge in [0.15, 0.2) is 0 Å². The first-order valence-electron chi connectivity index (χ1n) is 7.15. The number of carbonyl (C=O) groups excluding carboxylic acids is 1. The van der Waals surface area contributed by atoms with E-state index in [1.807, 2.05) is 0 Å². The van der Waals surface area contributed by atoms with Gasteiger partial charge in [-0.05, 0) is 25.1 Å². The predicted octanol–water partition coefficient (Wildman–Crippen LogP) is 1.15. The molecule has 0 spiro atoms. The summed E-state index contributed by atoms with van der Waals surface area (Å²) in [6.45, 7) is 2.24. The highest BCUT2D eigenvalue weighted by molar-refractivity contribution is 6.06. The fourth-order valence-electron chi connectivity index (χ4n) is 2.04. The van der Waals surface area contributed by atoms with Crippen molar-refractivity contribution in [3.8, 4) is 0 Å². The lowest BCUT2D eigenvalue weighted by atomic mass is 10.1. The Hall–Kier alpha value is -3.00. The van der Waals surface area contributed by atoms with Crippen LogP contribution < -0.4 is 10.9 Å². The summed E-state index contributed by atoms with van der Waals surface area (Å²) in [6.07, 6.45) is 0. The maximum absolute atomic E-state index is 12.3. The van der Waals surface area contributed by atoms with Crippen molar-refractivity contribution in [1.82, 2.24) is 9.78 Å². The third-order valence-corrected chi connectivity index (χ3v) is 3.26. The van der Waals surface area contributed by atoms with E-state index in [-0.39, 0.29) is 35.7 Å². The maximum atomic E-state index is 12.3. The average molecular weight is 331 g/mol. The lowest BCUT2D eigenvalue weighted by Gasteiger charge is -2.10. The van der Waals surface area contributed by atoms with E-state index in [1.54, 1.807) is 13.0 Å². The van der Waals surface area contributed by atoms with Crippen LogP contribution in [0.4, 0.5) is 5.69 Å². The minimum absolute atomic E-state index is 0.00242. The predicted molar refractivity (Wildman–Crippen MR) is 86.5 cm³/mol. The molecular weight excluding hydrogens is 314 g/mol. The highest BCUT2D eigenvalue weighted by Gasteiger charge is 2.15. The van der Waals surface area contributed by atoms with Crippen LogP contribution >= 0.6 is 0 Å². The van der Waals surface area contributed by atoms with Gasteiger partial charge in [-0.2, -0.15) is 5.10 Å². The van der Waals surface area contributed by atoms with E-state index in [1.165, 1.54) is 31.4 Å². The van der Waals surface area contributed by atoms with Gasteiger partial charge in [0.2, 0.25) is 0 Å². The Labute approximate surface area is 137 Å². The number of amides is 1. The Bertz CT molecular complexity index is 829. The summed E-state index contributed by atoms with van der Waals surface area (Å²) < 4.78 is 6.00. The van der Waals surface area contributed by atoms with Gasteiger partial charge in [-0.25, -0.2) is 9.48 Å². The SMILES string of the molecule is COCCn1nc(C(=O)Nc2ccc(C)cc2C(=O)O)ccc1=O. The molecule has 1 aromatic heterocycles. The van der Waals surface area contributed by atoms with Crippen LogP contribution in [-0.2, 0) is 11.3 Å². The van der Waals surface area contributed by atoms with Gasteiger partial charge in [0, 0.05) is 13.2 Å². The minimum atomic E-state index is -1.15. The molecule has 2 rings (SSSR count). The zero-order valence-corrected chi connectivity index (χ0v) is 13.3. The number of ether oxygens (including phenoxy) is 1. The number of aromatic nitrogens is 2. The molecule has 0 aliphatic carbocycles. The van der Waals surface area contributed by atoms with Crippen molar-refractivity contribution >= 4 is 17.6 Å². The molecule has 0 saturated heterocycles. The molecule has 1 amide bonds. The molecule has 24 heavy (non-hydrogen) atoms. The number of rotatable bonds is 6. The van der Waals surface area contributed by atoms with Crippen LogP contribution in [-0.4, -0.2) is 40.5 Å². The number of aromatic carboxylic acids is 1. The Morgan fingerprint density at radius 3 is 2.71 bits per heavy atom. The number of carbonyl (C=O) groups is 2. The molecule has 0 radical (unpaired) electrons. The van der Waals surface area contributed by atoms with Crippen molar-refractivity contribution in [3.05, 3.63) is 57.5 Å². The summed E-state index contributed by atoms with van der Waals surface area (Å²) in [5.41, 5.74) is 0.551. The van der Waals surface area contributed by atoms with Gasteiger partial charge in [0.25, 0.3) is 11.5 Å². The van der Waals surface area contributed by atoms with Crippen LogP contribution in [0.2, 0.25) is 0 Å². The Morgan fingerprint density at radius 1 is 1.29 bits per heavy atom. The lowest BCUT2D eigenvalue weighted by molar-refractivity contribution is 0.0698. The fourth-order valence-corrected chi connectivity index (χ4v) is 2.04. The quantitative estimate of drug-likeness (QED) is 0.821. The molecule has 0 fully saturated rings. The summed E-state index contributed by atoms with van der Waals surface area (Å²) in [6, 6.07) is 7.18. The number of nitrogens with one attached hydrogen (secondary N) is 1.